The Kier molecular flexibility index (Phi) is 581. The molecule has 0 aliphatic heterocycles. The molecule has 4 heavy (non-hydrogen) atoms. The van der Waals surface area contributed by atoms with Crippen LogP contribution >= 0.6 is 0 Å². The number of nitrogens with two attached hydrogens (primary N) is 2. The molecule has 0 aromatic rings. The molecule has 22 valence electrons. The second-order valence-corrected chi connectivity index (χ2v) is 0. The Balaban J connectivity index is -0.00000000500. The van der Waals surface area contributed by atoms with Crippen LogP contribution in [0.15, 0.2) is 0 Å². The van der Waals surface area contributed by atoms with Crippen LogP contribution in [-0.4, -0.2) is 5.48 Å². The normalized spacial score (nSPS) is 1.50. The minimum Gasteiger partial charge on any atom is -0.870 e. The van der Waals surface area contributed by atoms with E-state index in [1.807, 2.05) is 0 Å². The fraction of sp³-hybridized carbons (Fsp3) is 0. The van der Waals surface area contributed by atoms with Crippen LogP contribution in [0.3, 0.4) is 0 Å². The smallest absolute Gasteiger partial charge is 0.870 e. The zero-order valence-electron chi connectivity index (χ0n) is 2.60. The van der Waals surface area contributed by atoms with Crippen LogP contribution in [-0.2, 0) is 0 Å². The van der Waals surface area contributed by atoms with Gasteiger partial charge in [-0.2, -0.15) is 0 Å². The quantitative estimate of drug-likeness (QED) is 0.167. The summed E-state index contributed by atoms with van der Waals surface area (Å²) >= 11 is 0. The third-order valence-electron chi connectivity index (χ3n) is 0. The van der Waals surface area contributed by atoms with Crippen LogP contribution in [0.5, 0.6) is 0 Å². The fourth-order valence-electron chi connectivity index (χ4n) is 0. The summed E-state index contributed by atoms with van der Waals surface area (Å²) in [5.41, 5.74) is 0. The first kappa shape index (κ1) is 24.8. The molecule has 0 spiro atoms. The van der Waals surface area contributed by atoms with Crippen LogP contribution in [0.4, 0.5) is 0 Å². The van der Waals surface area contributed by atoms with Gasteiger partial charge in [0.05, 0.1) is 0 Å². The van der Waals surface area contributed by atoms with Gasteiger partial charge in [-0.15, -0.1) is 0 Å². The molecule has 0 saturated heterocycles. The second kappa shape index (κ2) is 93.6. The first-order valence-electron chi connectivity index (χ1n) is 0.333. The van der Waals surface area contributed by atoms with E-state index in [4.69, 9.17) is 0 Å². The van der Waals surface area contributed by atoms with E-state index in [0.717, 1.165) is 0 Å². The average molecular weight is 56.0 g/mol. The standard InChI is InChI=1S/Li.H4N2.H2O/c;1-2;/h;1-2H2;1H2/q+1;;/p-1. The number of rotatable bonds is 0. The van der Waals surface area contributed by atoms with Crippen LogP contribution < -0.4 is 30.5 Å². The molecule has 0 aromatic heterocycles. The molecule has 0 aromatic carbocycles. The van der Waals surface area contributed by atoms with Gasteiger partial charge < -0.3 is 5.48 Å². The van der Waals surface area contributed by atoms with E-state index in [-0.39, 0.29) is 24.3 Å². The first-order chi connectivity index (χ1) is 1.00. The SMILES string of the molecule is NN.[Li+].[OH-]. The molecule has 5 N–H and O–H groups in total. The van der Waals surface area contributed by atoms with Crippen molar-refractivity contribution in [2.24, 2.45) is 11.7 Å². The Bertz CT molecular complexity index is 6.00. The van der Waals surface area contributed by atoms with Crippen molar-refractivity contribution >= 4 is 0 Å². The van der Waals surface area contributed by atoms with Crippen LogP contribution in [0.2, 0.25) is 0 Å². The summed E-state index contributed by atoms with van der Waals surface area (Å²) in [6, 6.07) is 0. The van der Waals surface area contributed by atoms with E-state index in [2.05, 4.69) is 11.7 Å². The molecule has 0 rings (SSSR count). The maximum absolute atomic E-state index is 4.00. The van der Waals surface area contributed by atoms with Crippen molar-refractivity contribution in [3.63, 3.8) is 0 Å². The van der Waals surface area contributed by atoms with Crippen molar-refractivity contribution in [1.29, 1.82) is 0 Å². The molecule has 4 heteroatoms. The van der Waals surface area contributed by atoms with Crippen molar-refractivity contribution in [3.05, 3.63) is 0 Å². The van der Waals surface area contributed by atoms with E-state index < -0.39 is 0 Å². The van der Waals surface area contributed by atoms with Gasteiger partial charge in [-0.25, -0.2) is 0 Å². The molecule has 3 nitrogen and oxygen atoms in total. The molecular weight excluding hydrogens is 51.0 g/mol. The summed E-state index contributed by atoms with van der Waals surface area (Å²) in [4.78, 5) is 0. The summed E-state index contributed by atoms with van der Waals surface area (Å²) in [5.74, 6) is 8.00. The minimum atomic E-state index is 0. The van der Waals surface area contributed by atoms with Crippen molar-refractivity contribution in [1.82, 2.24) is 0 Å². The molecule has 0 radical (unpaired) electrons. The first-order valence-corrected chi connectivity index (χ1v) is 0.333. The van der Waals surface area contributed by atoms with Gasteiger partial charge in [0.1, 0.15) is 0 Å². The maximum atomic E-state index is 4.00. The van der Waals surface area contributed by atoms with Crippen LogP contribution in [0, 0.1) is 0 Å². The van der Waals surface area contributed by atoms with E-state index >= 15 is 0 Å². The number of hydrogen-bond donors (Lipinski definition) is 2. The maximum Gasteiger partial charge on any atom is 1.00 e. The topological polar surface area (TPSA) is 82.0 Å². The van der Waals surface area contributed by atoms with Gasteiger partial charge in [0.25, 0.3) is 0 Å². The van der Waals surface area contributed by atoms with Crippen molar-refractivity contribution in [2.45, 2.75) is 0 Å². The van der Waals surface area contributed by atoms with Crippen LogP contribution in [0.25, 0.3) is 0 Å². The minimum absolute atomic E-state index is 0. The largest absolute Gasteiger partial charge is 1.00 e. The third-order valence-corrected chi connectivity index (χ3v) is 0. The van der Waals surface area contributed by atoms with Crippen LogP contribution in [0.1, 0.15) is 0 Å². The zero-order valence-corrected chi connectivity index (χ0v) is 2.60. The van der Waals surface area contributed by atoms with Gasteiger partial charge in [0, 0.05) is 0 Å². The Morgan fingerprint density at radius 3 is 1.00 bits per heavy atom. The number of hydrazine groups is 1. The molecule has 0 unspecified atom stereocenters. The predicted octanol–water partition coefficient (Wildman–Crippen LogP) is -4.35. The Hall–Kier alpha value is 0.477. The second-order valence-electron chi connectivity index (χ2n) is 0. The zero-order chi connectivity index (χ0) is 2.00. The van der Waals surface area contributed by atoms with Gasteiger partial charge in [0.15, 0.2) is 0 Å². The number of hydrogen-bond acceptors (Lipinski definition) is 3. The van der Waals surface area contributed by atoms with Crippen molar-refractivity contribution in [2.75, 3.05) is 0 Å². The molecule has 0 saturated carbocycles. The Morgan fingerprint density at radius 1 is 1.00 bits per heavy atom. The molecule has 0 aliphatic carbocycles. The molecule has 0 aliphatic rings. The van der Waals surface area contributed by atoms with Gasteiger partial charge in [-0.05, 0) is 0 Å². The van der Waals surface area contributed by atoms with Gasteiger partial charge in [-0.3, -0.25) is 11.7 Å². The van der Waals surface area contributed by atoms with Crippen molar-refractivity contribution < 1.29 is 24.3 Å². The van der Waals surface area contributed by atoms with E-state index in [0.29, 0.717) is 0 Å². The molecule has 0 amide bonds. The van der Waals surface area contributed by atoms with Gasteiger partial charge in [0.2, 0.25) is 0 Å². The molecule has 0 atom stereocenters. The van der Waals surface area contributed by atoms with E-state index in [1.165, 1.54) is 0 Å². The molecular formula is H5LiN2O. The van der Waals surface area contributed by atoms with Gasteiger partial charge >= 0.3 is 18.9 Å². The van der Waals surface area contributed by atoms with E-state index in [9.17, 15) is 0 Å². The monoisotopic (exact) mass is 56.1 g/mol. The summed E-state index contributed by atoms with van der Waals surface area (Å²) in [6.45, 7) is 0. The van der Waals surface area contributed by atoms with Gasteiger partial charge in [-0.1, -0.05) is 0 Å². The molecule has 0 heterocycles. The fourth-order valence-corrected chi connectivity index (χ4v) is 0. The summed E-state index contributed by atoms with van der Waals surface area (Å²) in [6.07, 6.45) is 0. The van der Waals surface area contributed by atoms with E-state index in [1.54, 1.807) is 0 Å². The molecule has 0 fully saturated rings. The molecule has 0 bridgehead atoms. The predicted molar refractivity (Wildman–Crippen MR) is 10.3 cm³/mol. The van der Waals surface area contributed by atoms with Crippen molar-refractivity contribution in [3.8, 4) is 0 Å². The summed E-state index contributed by atoms with van der Waals surface area (Å²) < 4.78 is 0. The average Bonchev–Trinajstić information content (AvgIpc) is 1.00. The summed E-state index contributed by atoms with van der Waals surface area (Å²) in [7, 11) is 0. The Morgan fingerprint density at radius 2 is 1.00 bits per heavy atom. The Labute approximate surface area is 36.8 Å². The third kappa shape index (κ3) is 23.7. The summed E-state index contributed by atoms with van der Waals surface area (Å²) in [5, 5.41) is 0.